The van der Waals surface area contributed by atoms with Crippen LogP contribution < -0.4 is 5.73 Å². The minimum Gasteiger partial charge on any atom is -0.381 e. The maximum atomic E-state index is 6.06. The molecular formula is C11H24N2O. The fourth-order valence-corrected chi connectivity index (χ4v) is 1.86. The van der Waals surface area contributed by atoms with Crippen LogP contribution in [0.15, 0.2) is 0 Å². The summed E-state index contributed by atoms with van der Waals surface area (Å²) in [5, 5.41) is 0. The quantitative estimate of drug-likeness (QED) is 0.738. The molecule has 1 fully saturated rings. The molecule has 3 heteroatoms. The molecule has 1 saturated heterocycles. The Bertz CT molecular complexity index is 163. The van der Waals surface area contributed by atoms with Gasteiger partial charge in [0.05, 0.1) is 6.61 Å². The van der Waals surface area contributed by atoms with Crippen LogP contribution in [0.5, 0.6) is 0 Å². The Balaban J connectivity index is 2.34. The Morgan fingerprint density at radius 2 is 2.29 bits per heavy atom. The van der Waals surface area contributed by atoms with Crippen LogP contribution in [0.4, 0.5) is 0 Å². The number of rotatable bonds is 4. The first-order valence-corrected chi connectivity index (χ1v) is 5.68. The Morgan fingerprint density at radius 3 is 2.86 bits per heavy atom. The summed E-state index contributed by atoms with van der Waals surface area (Å²) in [4.78, 5) is 2.39. The highest BCUT2D eigenvalue weighted by molar-refractivity contribution is 4.79. The molecule has 0 aromatic rings. The Labute approximate surface area is 87.6 Å². The first kappa shape index (κ1) is 12.0. The Morgan fingerprint density at radius 1 is 1.57 bits per heavy atom. The van der Waals surface area contributed by atoms with E-state index in [9.17, 15) is 0 Å². The summed E-state index contributed by atoms with van der Waals surface area (Å²) < 4.78 is 5.46. The lowest BCUT2D eigenvalue weighted by Gasteiger charge is -2.34. The van der Waals surface area contributed by atoms with Gasteiger partial charge in [0.1, 0.15) is 0 Å². The van der Waals surface area contributed by atoms with E-state index in [2.05, 4.69) is 25.8 Å². The summed E-state index contributed by atoms with van der Waals surface area (Å²) in [5.41, 5.74) is 6.06. The third-order valence-electron chi connectivity index (χ3n) is 3.40. The van der Waals surface area contributed by atoms with Gasteiger partial charge in [-0.3, -0.25) is 0 Å². The van der Waals surface area contributed by atoms with E-state index in [1.54, 1.807) is 0 Å². The fourth-order valence-electron chi connectivity index (χ4n) is 1.86. The molecule has 0 aromatic heterocycles. The normalized spacial score (nSPS) is 30.6. The van der Waals surface area contributed by atoms with E-state index in [1.165, 1.54) is 6.42 Å². The van der Waals surface area contributed by atoms with Gasteiger partial charge in [-0.25, -0.2) is 0 Å². The highest BCUT2D eigenvalue weighted by Crippen LogP contribution is 2.15. The molecular weight excluding hydrogens is 176 g/mol. The number of nitrogens with two attached hydrogens (primary N) is 1. The summed E-state index contributed by atoms with van der Waals surface area (Å²) >= 11 is 0. The van der Waals surface area contributed by atoms with Crippen molar-refractivity contribution in [1.29, 1.82) is 0 Å². The summed E-state index contributed by atoms with van der Waals surface area (Å²) in [6.07, 6.45) is 2.21. The van der Waals surface area contributed by atoms with E-state index >= 15 is 0 Å². The monoisotopic (exact) mass is 200 g/mol. The Hall–Kier alpha value is -0.120. The van der Waals surface area contributed by atoms with Gasteiger partial charge in [0.25, 0.3) is 0 Å². The van der Waals surface area contributed by atoms with Crippen LogP contribution in [0.1, 0.15) is 26.7 Å². The topological polar surface area (TPSA) is 38.5 Å². The van der Waals surface area contributed by atoms with Crippen molar-refractivity contribution in [2.24, 2.45) is 11.7 Å². The second-order valence-electron chi connectivity index (χ2n) is 4.48. The zero-order valence-corrected chi connectivity index (χ0v) is 9.70. The van der Waals surface area contributed by atoms with E-state index in [4.69, 9.17) is 10.5 Å². The molecule has 0 saturated carbocycles. The molecule has 2 N–H and O–H groups in total. The third-order valence-corrected chi connectivity index (χ3v) is 3.40. The van der Waals surface area contributed by atoms with Gasteiger partial charge in [0, 0.05) is 31.2 Å². The molecule has 3 nitrogen and oxygen atoms in total. The van der Waals surface area contributed by atoms with Crippen LogP contribution in [-0.4, -0.2) is 43.8 Å². The maximum absolute atomic E-state index is 6.06. The third kappa shape index (κ3) is 3.23. The van der Waals surface area contributed by atoms with Crippen molar-refractivity contribution >= 4 is 0 Å². The smallest absolute Gasteiger partial charge is 0.0521 e. The Kier molecular flexibility index (Phi) is 4.85. The average molecular weight is 200 g/mol. The SMILES string of the molecule is CCC(C)N(C)CC1COCCC1N. The highest BCUT2D eigenvalue weighted by atomic mass is 16.5. The van der Waals surface area contributed by atoms with Crippen molar-refractivity contribution in [3.05, 3.63) is 0 Å². The van der Waals surface area contributed by atoms with Crippen LogP contribution in [-0.2, 0) is 4.74 Å². The molecule has 0 amide bonds. The summed E-state index contributed by atoms with van der Waals surface area (Å²) in [6, 6.07) is 0.972. The molecule has 3 unspecified atom stereocenters. The summed E-state index contributed by atoms with van der Waals surface area (Å²) in [6.45, 7) is 7.22. The van der Waals surface area contributed by atoms with E-state index in [0.29, 0.717) is 18.0 Å². The highest BCUT2D eigenvalue weighted by Gasteiger charge is 2.24. The zero-order chi connectivity index (χ0) is 10.6. The van der Waals surface area contributed by atoms with Gasteiger partial charge in [-0.15, -0.1) is 0 Å². The van der Waals surface area contributed by atoms with Gasteiger partial charge in [-0.05, 0) is 26.8 Å². The van der Waals surface area contributed by atoms with Gasteiger partial charge in [-0.2, -0.15) is 0 Å². The lowest BCUT2D eigenvalue weighted by atomic mass is 9.95. The van der Waals surface area contributed by atoms with Gasteiger partial charge >= 0.3 is 0 Å². The van der Waals surface area contributed by atoms with E-state index < -0.39 is 0 Å². The molecule has 3 atom stereocenters. The lowest BCUT2D eigenvalue weighted by Crippen LogP contribution is -2.46. The van der Waals surface area contributed by atoms with Gasteiger partial charge in [0.2, 0.25) is 0 Å². The number of hydrogen-bond acceptors (Lipinski definition) is 3. The van der Waals surface area contributed by atoms with Gasteiger partial charge < -0.3 is 15.4 Å². The van der Waals surface area contributed by atoms with Gasteiger partial charge in [0.15, 0.2) is 0 Å². The minimum absolute atomic E-state index is 0.329. The second-order valence-corrected chi connectivity index (χ2v) is 4.48. The molecule has 14 heavy (non-hydrogen) atoms. The number of nitrogens with zero attached hydrogens (tertiary/aromatic N) is 1. The number of ether oxygens (including phenoxy) is 1. The van der Waals surface area contributed by atoms with Crippen LogP contribution in [0.25, 0.3) is 0 Å². The largest absolute Gasteiger partial charge is 0.381 e. The van der Waals surface area contributed by atoms with Crippen LogP contribution in [0.3, 0.4) is 0 Å². The van der Waals surface area contributed by atoms with Crippen molar-refractivity contribution in [3.63, 3.8) is 0 Å². The molecule has 84 valence electrons. The summed E-state index contributed by atoms with van der Waals surface area (Å²) in [5.74, 6) is 0.516. The molecule has 0 radical (unpaired) electrons. The molecule has 1 heterocycles. The van der Waals surface area contributed by atoms with Crippen LogP contribution in [0, 0.1) is 5.92 Å². The first-order chi connectivity index (χ1) is 6.65. The molecule has 1 aliphatic heterocycles. The fraction of sp³-hybridized carbons (Fsp3) is 1.00. The van der Waals surface area contributed by atoms with Crippen molar-refractivity contribution in [1.82, 2.24) is 4.90 Å². The van der Waals surface area contributed by atoms with Crippen LogP contribution in [0.2, 0.25) is 0 Å². The van der Waals surface area contributed by atoms with Crippen molar-refractivity contribution in [2.45, 2.75) is 38.8 Å². The van der Waals surface area contributed by atoms with Crippen molar-refractivity contribution in [3.8, 4) is 0 Å². The van der Waals surface area contributed by atoms with Gasteiger partial charge in [-0.1, -0.05) is 6.92 Å². The predicted octanol–water partition coefficient (Wildman–Crippen LogP) is 1.08. The molecule has 0 aromatic carbocycles. The molecule has 1 aliphatic rings. The molecule has 1 rings (SSSR count). The molecule has 0 aliphatic carbocycles. The average Bonchev–Trinajstić information content (AvgIpc) is 2.20. The minimum atomic E-state index is 0.329. The number of hydrogen-bond donors (Lipinski definition) is 1. The van der Waals surface area contributed by atoms with E-state index in [0.717, 1.165) is 26.2 Å². The van der Waals surface area contributed by atoms with Crippen LogP contribution >= 0.6 is 0 Å². The summed E-state index contributed by atoms with van der Waals surface area (Å²) in [7, 11) is 2.18. The van der Waals surface area contributed by atoms with Crippen molar-refractivity contribution < 1.29 is 4.74 Å². The zero-order valence-electron chi connectivity index (χ0n) is 9.70. The van der Waals surface area contributed by atoms with Crippen molar-refractivity contribution in [2.75, 3.05) is 26.8 Å². The molecule has 0 spiro atoms. The standard InChI is InChI=1S/C11H24N2O/c1-4-9(2)13(3)7-10-8-14-6-5-11(10)12/h9-11H,4-8,12H2,1-3H3. The van der Waals surface area contributed by atoms with E-state index in [1.807, 2.05) is 0 Å². The predicted molar refractivity (Wildman–Crippen MR) is 59.3 cm³/mol. The molecule has 0 bridgehead atoms. The maximum Gasteiger partial charge on any atom is 0.0521 e. The van der Waals surface area contributed by atoms with E-state index in [-0.39, 0.29) is 0 Å². The second kappa shape index (κ2) is 5.69. The first-order valence-electron chi connectivity index (χ1n) is 5.68. The lowest BCUT2D eigenvalue weighted by molar-refractivity contribution is 0.0247.